The van der Waals surface area contributed by atoms with Crippen molar-refractivity contribution in [2.75, 3.05) is 13.7 Å². The Morgan fingerprint density at radius 3 is 2.36 bits per heavy atom. The summed E-state index contributed by atoms with van der Waals surface area (Å²) in [5.41, 5.74) is 2.18. The zero-order valence-corrected chi connectivity index (χ0v) is 14.4. The number of carboxylic acid groups (broad SMARTS) is 1. The molecule has 2 aromatic carbocycles. The van der Waals surface area contributed by atoms with Gasteiger partial charge in [-0.2, -0.15) is 0 Å². The molecule has 5 heteroatoms. The number of methoxy groups -OCH3 is 1. The van der Waals surface area contributed by atoms with Crippen molar-refractivity contribution in [2.45, 2.75) is 32.0 Å². The molecule has 25 heavy (non-hydrogen) atoms. The normalized spacial score (nSPS) is 17.4. The number of likely N-dealkylation sites (tertiary alicyclic amines) is 1. The van der Waals surface area contributed by atoms with Gasteiger partial charge < -0.3 is 14.6 Å². The second-order valence-corrected chi connectivity index (χ2v) is 6.25. The highest BCUT2D eigenvalue weighted by Gasteiger charge is 2.30. The first-order valence-corrected chi connectivity index (χ1v) is 8.47. The summed E-state index contributed by atoms with van der Waals surface area (Å²) in [7, 11) is 1.65. The molecule has 0 spiro atoms. The first-order valence-electron chi connectivity index (χ1n) is 8.47. The van der Waals surface area contributed by atoms with Crippen LogP contribution in [0.5, 0.6) is 11.5 Å². The van der Waals surface area contributed by atoms with Crippen LogP contribution in [0, 0.1) is 0 Å². The van der Waals surface area contributed by atoms with Crippen molar-refractivity contribution in [3.63, 3.8) is 0 Å². The van der Waals surface area contributed by atoms with Gasteiger partial charge in [-0.3, -0.25) is 9.69 Å². The zero-order chi connectivity index (χ0) is 17.6. The van der Waals surface area contributed by atoms with Gasteiger partial charge in [0.05, 0.1) is 7.11 Å². The summed E-state index contributed by atoms with van der Waals surface area (Å²) in [6, 6.07) is 15.3. The summed E-state index contributed by atoms with van der Waals surface area (Å²) in [6.07, 6.45) is 1.68. The molecule has 1 aliphatic rings. The highest BCUT2D eigenvalue weighted by Crippen LogP contribution is 2.22. The molecule has 0 bridgehead atoms. The lowest BCUT2D eigenvalue weighted by atomic mass is 10.1. The molecule has 0 amide bonds. The lowest BCUT2D eigenvalue weighted by Gasteiger charge is -2.21. The maximum absolute atomic E-state index is 11.2. The SMILES string of the molecule is COc1ccc(COc2ccc(CN3CCCC3C(=O)O)cc2)cc1. The lowest BCUT2D eigenvalue weighted by Crippen LogP contribution is -2.35. The molecular formula is C20H23NO4. The number of carboxylic acids is 1. The predicted octanol–water partition coefficient (Wildman–Crippen LogP) is 3.32. The van der Waals surface area contributed by atoms with E-state index in [0.717, 1.165) is 42.0 Å². The minimum absolute atomic E-state index is 0.356. The third-order valence-corrected chi connectivity index (χ3v) is 4.52. The number of aliphatic carboxylic acids is 1. The average Bonchev–Trinajstić information content (AvgIpc) is 3.10. The minimum Gasteiger partial charge on any atom is -0.497 e. The molecule has 3 rings (SSSR count). The minimum atomic E-state index is -0.725. The summed E-state index contributed by atoms with van der Waals surface area (Å²) >= 11 is 0. The van der Waals surface area contributed by atoms with Crippen molar-refractivity contribution in [3.05, 3.63) is 59.7 Å². The summed E-state index contributed by atoms with van der Waals surface area (Å²) in [5.74, 6) is 0.905. The van der Waals surface area contributed by atoms with E-state index in [4.69, 9.17) is 9.47 Å². The number of nitrogens with zero attached hydrogens (tertiary/aromatic N) is 1. The first kappa shape index (κ1) is 17.3. The van der Waals surface area contributed by atoms with E-state index in [1.165, 1.54) is 0 Å². The van der Waals surface area contributed by atoms with Crippen LogP contribution in [0.15, 0.2) is 48.5 Å². The summed E-state index contributed by atoms with van der Waals surface area (Å²) in [4.78, 5) is 13.3. The molecule has 1 saturated heterocycles. The van der Waals surface area contributed by atoms with Gasteiger partial charge in [0.1, 0.15) is 24.1 Å². The van der Waals surface area contributed by atoms with Crippen LogP contribution in [0.1, 0.15) is 24.0 Å². The van der Waals surface area contributed by atoms with Crippen LogP contribution in [0.3, 0.4) is 0 Å². The maximum atomic E-state index is 11.2. The summed E-state index contributed by atoms with van der Waals surface area (Å²) in [5, 5.41) is 9.25. The van der Waals surface area contributed by atoms with Crippen LogP contribution >= 0.6 is 0 Å². The number of benzene rings is 2. The Morgan fingerprint density at radius 1 is 1.08 bits per heavy atom. The lowest BCUT2D eigenvalue weighted by molar-refractivity contribution is -0.142. The van der Waals surface area contributed by atoms with Gasteiger partial charge in [-0.05, 0) is 54.8 Å². The molecule has 1 unspecified atom stereocenters. The standard InChI is InChI=1S/C20H23NO4/c1-24-17-8-6-16(7-9-17)14-25-18-10-4-15(5-11-18)13-21-12-2-3-19(21)20(22)23/h4-11,19H,2-3,12-14H2,1H3,(H,22,23). The molecule has 1 N–H and O–H groups in total. The Balaban J connectivity index is 1.54. The van der Waals surface area contributed by atoms with Gasteiger partial charge in [0, 0.05) is 6.54 Å². The number of hydrogen-bond donors (Lipinski definition) is 1. The van der Waals surface area contributed by atoms with E-state index >= 15 is 0 Å². The third kappa shape index (κ3) is 4.51. The zero-order valence-electron chi connectivity index (χ0n) is 14.4. The van der Waals surface area contributed by atoms with Crippen LogP contribution in [-0.2, 0) is 17.9 Å². The Labute approximate surface area is 147 Å². The highest BCUT2D eigenvalue weighted by atomic mass is 16.5. The van der Waals surface area contributed by atoms with Crippen molar-refractivity contribution in [1.29, 1.82) is 0 Å². The van der Waals surface area contributed by atoms with Crippen LogP contribution in [0.4, 0.5) is 0 Å². The smallest absolute Gasteiger partial charge is 0.320 e. The van der Waals surface area contributed by atoms with E-state index in [1.807, 2.05) is 53.4 Å². The highest BCUT2D eigenvalue weighted by molar-refractivity contribution is 5.73. The largest absolute Gasteiger partial charge is 0.497 e. The maximum Gasteiger partial charge on any atom is 0.320 e. The van der Waals surface area contributed by atoms with Gasteiger partial charge in [-0.1, -0.05) is 24.3 Å². The van der Waals surface area contributed by atoms with Crippen LogP contribution < -0.4 is 9.47 Å². The van der Waals surface area contributed by atoms with Gasteiger partial charge in [-0.25, -0.2) is 0 Å². The number of hydrogen-bond acceptors (Lipinski definition) is 4. The molecule has 0 aromatic heterocycles. The molecule has 5 nitrogen and oxygen atoms in total. The molecule has 1 aliphatic heterocycles. The molecular weight excluding hydrogens is 318 g/mol. The molecule has 132 valence electrons. The second kappa shape index (κ2) is 8.03. The molecule has 1 atom stereocenters. The molecule has 0 aliphatic carbocycles. The van der Waals surface area contributed by atoms with Gasteiger partial charge >= 0.3 is 5.97 Å². The van der Waals surface area contributed by atoms with Gasteiger partial charge in [-0.15, -0.1) is 0 Å². The van der Waals surface area contributed by atoms with Gasteiger partial charge in [0.15, 0.2) is 0 Å². The average molecular weight is 341 g/mol. The van der Waals surface area contributed by atoms with Crippen molar-refractivity contribution >= 4 is 5.97 Å². The Bertz CT molecular complexity index is 697. The van der Waals surface area contributed by atoms with Crippen LogP contribution in [-0.4, -0.2) is 35.7 Å². The van der Waals surface area contributed by atoms with Crippen LogP contribution in [0.2, 0.25) is 0 Å². The summed E-state index contributed by atoms with van der Waals surface area (Å²) < 4.78 is 10.9. The Kier molecular flexibility index (Phi) is 5.56. The number of carbonyl (C=O) groups is 1. The molecule has 0 radical (unpaired) electrons. The van der Waals surface area contributed by atoms with Crippen molar-refractivity contribution < 1.29 is 19.4 Å². The first-order chi connectivity index (χ1) is 12.2. The third-order valence-electron chi connectivity index (χ3n) is 4.52. The predicted molar refractivity (Wildman–Crippen MR) is 94.8 cm³/mol. The van der Waals surface area contributed by atoms with Crippen molar-refractivity contribution in [3.8, 4) is 11.5 Å². The topological polar surface area (TPSA) is 59.0 Å². The molecule has 1 fully saturated rings. The molecule has 1 heterocycles. The van der Waals surface area contributed by atoms with E-state index in [-0.39, 0.29) is 6.04 Å². The molecule has 2 aromatic rings. The van der Waals surface area contributed by atoms with E-state index in [0.29, 0.717) is 13.2 Å². The number of ether oxygens (including phenoxy) is 2. The van der Waals surface area contributed by atoms with E-state index in [2.05, 4.69) is 0 Å². The van der Waals surface area contributed by atoms with E-state index < -0.39 is 5.97 Å². The van der Waals surface area contributed by atoms with Gasteiger partial charge in [0.25, 0.3) is 0 Å². The van der Waals surface area contributed by atoms with E-state index in [1.54, 1.807) is 7.11 Å². The Hall–Kier alpha value is -2.53. The quantitative estimate of drug-likeness (QED) is 0.837. The van der Waals surface area contributed by atoms with Crippen molar-refractivity contribution in [1.82, 2.24) is 4.90 Å². The number of rotatable bonds is 7. The fraction of sp³-hybridized carbons (Fsp3) is 0.350. The second-order valence-electron chi connectivity index (χ2n) is 6.25. The van der Waals surface area contributed by atoms with E-state index in [9.17, 15) is 9.90 Å². The van der Waals surface area contributed by atoms with Gasteiger partial charge in [0.2, 0.25) is 0 Å². The fourth-order valence-electron chi connectivity index (χ4n) is 3.11. The van der Waals surface area contributed by atoms with Crippen LogP contribution in [0.25, 0.3) is 0 Å². The monoisotopic (exact) mass is 341 g/mol. The fourth-order valence-corrected chi connectivity index (χ4v) is 3.11. The molecule has 0 saturated carbocycles. The Morgan fingerprint density at radius 2 is 1.72 bits per heavy atom. The summed E-state index contributed by atoms with van der Waals surface area (Å²) in [6.45, 7) is 2.00. The van der Waals surface area contributed by atoms with Crippen molar-refractivity contribution in [2.24, 2.45) is 0 Å².